The zero-order chi connectivity index (χ0) is 11.3. The smallest absolute Gasteiger partial charge is 0.0352 e. The monoisotopic (exact) mass is 228 g/mol. The van der Waals surface area contributed by atoms with Crippen molar-refractivity contribution < 1.29 is 0 Å². The van der Waals surface area contributed by atoms with E-state index in [0.717, 1.165) is 0 Å². The summed E-state index contributed by atoms with van der Waals surface area (Å²) in [6.07, 6.45) is 2.41. The van der Waals surface area contributed by atoms with Gasteiger partial charge in [-0.3, -0.25) is 0 Å². The van der Waals surface area contributed by atoms with Gasteiger partial charge in [-0.05, 0) is 29.0 Å². The molecule has 0 fully saturated rings. The van der Waals surface area contributed by atoms with Gasteiger partial charge in [0.2, 0.25) is 0 Å². The molecule has 1 heterocycles. The second-order valence-corrected chi connectivity index (χ2v) is 5.98. The fraction of sp³-hybridized carbons (Fsp3) is 0.333. The molecule has 82 valence electrons. The van der Waals surface area contributed by atoms with Crippen LogP contribution >= 0.6 is 11.3 Å². The van der Waals surface area contributed by atoms with E-state index in [1.165, 1.54) is 15.0 Å². The molecular formula is C15H16S. The third-order valence-corrected chi connectivity index (χ3v) is 4.69. The third-order valence-electron chi connectivity index (χ3n) is 3.56. The summed E-state index contributed by atoms with van der Waals surface area (Å²) in [5.41, 5.74) is 3.15. The van der Waals surface area contributed by atoms with Crippen molar-refractivity contribution in [1.82, 2.24) is 0 Å². The second-order valence-electron chi connectivity index (χ2n) is 4.90. The predicted octanol–water partition coefficient (Wildman–Crippen LogP) is 5.06. The van der Waals surface area contributed by atoms with Crippen molar-refractivity contribution in [3.8, 4) is 0 Å². The number of benzene rings is 1. The highest BCUT2D eigenvalue weighted by molar-refractivity contribution is 7.20. The molecule has 1 aromatic carbocycles. The van der Waals surface area contributed by atoms with Crippen molar-refractivity contribution in [2.24, 2.45) is 5.92 Å². The largest absolute Gasteiger partial charge is 0.136 e. The van der Waals surface area contributed by atoms with Crippen molar-refractivity contribution in [2.45, 2.75) is 26.7 Å². The normalized spacial score (nSPS) is 19.2. The Hall–Kier alpha value is -1.08. The quantitative estimate of drug-likeness (QED) is 0.640. The molecule has 1 atom stereocenters. The van der Waals surface area contributed by atoms with Crippen LogP contribution in [-0.4, -0.2) is 0 Å². The zero-order valence-corrected chi connectivity index (χ0v) is 10.8. The summed E-state index contributed by atoms with van der Waals surface area (Å²) < 4.78 is 1.43. The average Bonchev–Trinajstić information content (AvgIpc) is 2.75. The Morgan fingerprint density at radius 1 is 1.19 bits per heavy atom. The first-order valence-corrected chi connectivity index (χ1v) is 6.73. The molecule has 0 saturated carbocycles. The molecule has 1 aliphatic rings. The second kappa shape index (κ2) is 3.46. The number of thiophene rings is 1. The summed E-state index contributed by atoms with van der Waals surface area (Å²) in [6, 6.07) is 8.77. The molecule has 0 spiro atoms. The van der Waals surface area contributed by atoms with Crippen LogP contribution in [0.3, 0.4) is 0 Å². The SMILES string of the molecule is CC(C)C1=Cc2sc3ccccc3c2C1C. The summed E-state index contributed by atoms with van der Waals surface area (Å²) in [4.78, 5) is 1.48. The first-order chi connectivity index (χ1) is 7.68. The Kier molecular flexibility index (Phi) is 2.18. The van der Waals surface area contributed by atoms with Gasteiger partial charge in [-0.1, -0.05) is 44.5 Å². The van der Waals surface area contributed by atoms with E-state index in [2.05, 4.69) is 51.1 Å². The highest BCUT2D eigenvalue weighted by Crippen LogP contribution is 2.47. The number of hydrogen-bond donors (Lipinski definition) is 0. The van der Waals surface area contributed by atoms with Crippen molar-refractivity contribution >= 4 is 27.5 Å². The fourth-order valence-electron chi connectivity index (χ4n) is 2.75. The van der Waals surface area contributed by atoms with Crippen LogP contribution in [-0.2, 0) is 0 Å². The van der Waals surface area contributed by atoms with E-state index >= 15 is 0 Å². The summed E-state index contributed by atoms with van der Waals surface area (Å²) >= 11 is 1.93. The van der Waals surface area contributed by atoms with Crippen molar-refractivity contribution in [3.05, 3.63) is 40.3 Å². The lowest BCUT2D eigenvalue weighted by Gasteiger charge is -2.14. The van der Waals surface area contributed by atoms with E-state index in [9.17, 15) is 0 Å². The fourth-order valence-corrected chi connectivity index (χ4v) is 4.01. The standard InChI is InChI=1S/C15H16S/c1-9(2)12-8-14-15(10(12)3)11-6-4-5-7-13(11)16-14/h4-10H,1-3H3. The van der Waals surface area contributed by atoms with Gasteiger partial charge in [0.1, 0.15) is 0 Å². The minimum atomic E-state index is 0.603. The van der Waals surface area contributed by atoms with Gasteiger partial charge in [0.15, 0.2) is 0 Å². The maximum absolute atomic E-state index is 2.41. The molecule has 1 heteroatoms. The highest BCUT2D eigenvalue weighted by atomic mass is 32.1. The molecule has 0 bridgehead atoms. The number of fused-ring (bicyclic) bond motifs is 3. The minimum Gasteiger partial charge on any atom is -0.136 e. The van der Waals surface area contributed by atoms with Gasteiger partial charge in [-0.15, -0.1) is 11.3 Å². The minimum absolute atomic E-state index is 0.603. The Morgan fingerprint density at radius 2 is 1.94 bits per heavy atom. The Balaban J connectivity index is 2.24. The van der Waals surface area contributed by atoms with Crippen LogP contribution in [0.15, 0.2) is 29.8 Å². The van der Waals surface area contributed by atoms with E-state index in [1.54, 1.807) is 11.1 Å². The van der Waals surface area contributed by atoms with Gasteiger partial charge in [0.05, 0.1) is 0 Å². The van der Waals surface area contributed by atoms with Crippen LogP contribution in [0.25, 0.3) is 16.2 Å². The zero-order valence-electron chi connectivity index (χ0n) is 9.95. The number of hydrogen-bond acceptors (Lipinski definition) is 1. The lowest BCUT2D eigenvalue weighted by Crippen LogP contribution is -1.99. The average molecular weight is 228 g/mol. The van der Waals surface area contributed by atoms with E-state index in [-0.39, 0.29) is 0 Å². The maximum atomic E-state index is 2.41. The lowest BCUT2D eigenvalue weighted by atomic mass is 9.90. The van der Waals surface area contributed by atoms with Gasteiger partial charge in [-0.25, -0.2) is 0 Å². The summed E-state index contributed by atoms with van der Waals surface area (Å²) in [6.45, 7) is 6.93. The van der Waals surface area contributed by atoms with Gasteiger partial charge >= 0.3 is 0 Å². The van der Waals surface area contributed by atoms with Crippen LogP contribution < -0.4 is 0 Å². The van der Waals surface area contributed by atoms with Crippen molar-refractivity contribution in [1.29, 1.82) is 0 Å². The predicted molar refractivity (Wildman–Crippen MR) is 73.1 cm³/mol. The topological polar surface area (TPSA) is 0 Å². The summed E-state index contributed by atoms with van der Waals surface area (Å²) in [5.74, 6) is 1.26. The van der Waals surface area contributed by atoms with Crippen LogP contribution in [0.1, 0.15) is 37.1 Å². The molecular weight excluding hydrogens is 212 g/mol. The van der Waals surface area contributed by atoms with Gasteiger partial charge in [0.25, 0.3) is 0 Å². The van der Waals surface area contributed by atoms with Crippen LogP contribution in [0.4, 0.5) is 0 Å². The van der Waals surface area contributed by atoms with Gasteiger partial charge in [-0.2, -0.15) is 0 Å². The highest BCUT2D eigenvalue weighted by Gasteiger charge is 2.26. The number of allylic oxidation sites excluding steroid dienone is 1. The van der Waals surface area contributed by atoms with Crippen molar-refractivity contribution in [2.75, 3.05) is 0 Å². The summed E-state index contributed by atoms with van der Waals surface area (Å²) in [7, 11) is 0. The molecule has 0 radical (unpaired) electrons. The molecule has 1 unspecified atom stereocenters. The lowest BCUT2D eigenvalue weighted by molar-refractivity contribution is 0.701. The first kappa shape index (κ1) is 10.1. The van der Waals surface area contributed by atoms with Gasteiger partial charge in [0, 0.05) is 15.5 Å². The van der Waals surface area contributed by atoms with Gasteiger partial charge < -0.3 is 0 Å². The molecule has 16 heavy (non-hydrogen) atoms. The molecule has 0 nitrogen and oxygen atoms in total. The van der Waals surface area contributed by atoms with E-state index < -0.39 is 0 Å². The Labute approximate surface area is 101 Å². The first-order valence-electron chi connectivity index (χ1n) is 5.91. The molecule has 0 aliphatic heterocycles. The molecule has 3 rings (SSSR count). The number of rotatable bonds is 1. The Bertz CT molecular complexity index is 572. The molecule has 0 saturated heterocycles. The van der Waals surface area contributed by atoms with E-state index in [1.807, 2.05) is 11.3 Å². The third kappa shape index (κ3) is 1.28. The van der Waals surface area contributed by atoms with E-state index in [4.69, 9.17) is 0 Å². The molecule has 1 aromatic heterocycles. The maximum Gasteiger partial charge on any atom is 0.0352 e. The Morgan fingerprint density at radius 3 is 2.69 bits per heavy atom. The molecule has 0 amide bonds. The van der Waals surface area contributed by atoms with Crippen LogP contribution in [0.5, 0.6) is 0 Å². The van der Waals surface area contributed by atoms with Crippen molar-refractivity contribution in [3.63, 3.8) is 0 Å². The van der Waals surface area contributed by atoms with Crippen LogP contribution in [0, 0.1) is 5.92 Å². The molecule has 2 aromatic rings. The molecule has 1 aliphatic carbocycles. The summed E-state index contributed by atoms with van der Waals surface area (Å²) in [5, 5.41) is 1.46. The van der Waals surface area contributed by atoms with E-state index in [0.29, 0.717) is 11.8 Å². The molecule has 0 N–H and O–H groups in total. The van der Waals surface area contributed by atoms with Crippen LogP contribution in [0.2, 0.25) is 0 Å².